The standard InChI is InChI=1S/C21H22N4O3/c1-27-13-12-22-21(26)18-14-23-19(15-6-4-3-5-7-15)25-20(18)24-16-8-10-17(28-2)11-9-16/h3-11,14H,12-13H2,1-2H3,(H,22,26)(H,23,24,25). The van der Waals surface area contributed by atoms with Crippen molar-refractivity contribution in [2.24, 2.45) is 0 Å². The maximum atomic E-state index is 12.6. The summed E-state index contributed by atoms with van der Waals surface area (Å²) in [6, 6.07) is 17.0. The molecule has 0 aliphatic rings. The van der Waals surface area contributed by atoms with Gasteiger partial charge in [0, 0.05) is 31.1 Å². The van der Waals surface area contributed by atoms with E-state index in [1.165, 1.54) is 6.20 Å². The molecule has 0 radical (unpaired) electrons. The molecule has 0 unspecified atom stereocenters. The fraction of sp³-hybridized carbons (Fsp3) is 0.190. The third-order valence-corrected chi connectivity index (χ3v) is 4.01. The second kappa shape index (κ2) is 9.48. The van der Waals surface area contributed by atoms with E-state index in [4.69, 9.17) is 9.47 Å². The molecule has 1 heterocycles. The second-order valence-electron chi connectivity index (χ2n) is 5.92. The van der Waals surface area contributed by atoms with E-state index < -0.39 is 0 Å². The Balaban J connectivity index is 1.92. The Labute approximate surface area is 163 Å². The highest BCUT2D eigenvalue weighted by molar-refractivity contribution is 5.99. The van der Waals surface area contributed by atoms with Crippen LogP contribution in [0, 0.1) is 0 Å². The number of aromatic nitrogens is 2. The Kier molecular flexibility index (Phi) is 6.54. The Bertz CT molecular complexity index is 915. The number of amides is 1. The number of hydrogen-bond acceptors (Lipinski definition) is 6. The van der Waals surface area contributed by atoms with E-state index in [2.05, 4.69) is 20.6 Å². The van der Waals surface area contributed by atoms with E-state index in [9.17, 15) is 4.79 Å². The van der Waals surface area contributed by atoms with Crippen molar-refractivity contribution in [3.05, 3.63) is 66.4 Å². The molecule has 1 aromatic heterocycles. The van der Waals surface area contributed by atoms with Gasteiger partial charge in [-0.1, -0.05) is 30.3 Å². The van der Waals surface area contributed by atoms with E-state index in [0.29, 0.717) is 30.4 Å². The van der Waals surface area contributed by atoms with Gasteiger partial charge in [0.05, 0.1) is 13.7 Å². The molecule has 2 N–H and O–H groups in total. The summed E-state index contributed by atoms with van der Waals surface area (Å²) in [4.78, 5) is 21.5. The number of carbonyl (C=O) groups is 1. The molecule has 7 nitrogen and oxygen atoms in total. The minimum absolute atomic E-state index is 0.271. The average Bonchev–Trinajstić information content (AvgIpc) is 2.75. The van der Waals surface area contributed by atoms with E-state index in [0.717, 1.165) is 17.0 Å². The van der Waals surface area contributed by atoms with Gasteiger partial charge in [-0.05, 0) is 24.3 Å². The van der Waals surface area contributed by atoms with Crippen molar-refractivity contribution in [2.75, 3.05) is 32.7 Å². The Morgan fingerprint density at radius 1 is 1.04 bits per heavy atom. The van der Waals surface area contributed by atoms with Gasteiger partial charge < -0.3 is 20.1 Å². The molecule has 3 rings (SSSR count). The summed E-state index contributed by atoms with van der Waals surface area (Å²) in [6.07, 6.45) is 1.53. The van der Waals surface area contributed by atoms with Crippen LogP contribution in [0.1, 0.15) is 10.4 Å². The first kappa shape index (κ1) is 19.3. The number of anilines is 2. The smallest absolute Gasteiger partial charge is 0.256 e. The van der Waals surface area contributed by atoms with Crippen LogP contribution in [0.4, 0.5) is 11.5 Å². The third-order valence-electron chi connectivity index (χ3n) is 4.01. The lowest BCUT2D eigenvalue weighted by Crippen LogP contribution is -2.28. The normalized spacial score (nSPS) is 10.4. The number of carbonyl (C=O) groups excluding carboxylic acids is 1. The highest BCUT2D eigenvalue weighted by Gasteiger charge is 2.15. The lowest BCUT2D eigenvalue weighted by molar-refractivity contribution is 0.0937. The fourth-order valence-corrected chi connectivity index (χ4v) is 2.54. The number of benzene rings is 2. The van der Waals surface area contributed by atoms with Crippen molar-refractivity contribution in [3.63, 3.8) is 0 Å². The molecular weight excluding hydrogens is 356 g/mol. The largest absolute Gasteiger partial charge is 0.497 e. The first-order valence-electron chi connectivity index (χ1n) is 8.82. The molecule has 2 aromatic carbocycles. The summed E-state index contributed by atoms with van der Waals surface area (Å²) in [6.45, 7) is 0.827. The van der Waals surface area contributed by atoms with Crippen molar-refractivity contribution in [2.45, 2.75) is 0 Å². The Hall–Kier alpha value is -3.45. The van der Waals surface area contributed by atoms with Crippen LogP contribution in [0.5, 0.6) is 5.75 Å². The molecule has 144 valence electrons. The van der Waals surface area contributed by atoms with E-state index >= 15 is 0 Å². The molecule has 0 atom stereocenters. The van der Waals surface area contributed by atoms with Crippen molar-refractivity contribution in [1.82, 2.24) is 15.3 Å². The van der Waals surface area contributed by atoms with Crippen molar-refractivity contribution >= 4 is 17.4 Å². The zero-order chi connectivity index (χ0) is 19.8. The third kappa shape index (κ3) is 4.83. The molecule has 3 aromatic rings. The molecule has 7 heteroatoms. The summed E-state index contributed by atoms with van der Waals surface area (Å²) in [7, 11) is 3.20. The van der Waals surface area contributed by atoms with Crippen LogP contribution in [0.3, 0.4) is 0 Å². The molecule has 0 saturated carbocycles. The summed E-state index contributed by atoms with van der Waals surface area (Å²) in [5.41, 5.74) is 2.00. The maximum Gasteiger partial charge on any atom is 0.256 e. The van der Waals surface area contributed by atoms with Gasteiger partial charge in [-0.15, -0.1) is 0 Å². The van der Waals surface area contributed by atoms with Crippen LogP contribution in [-0.2, 0) is 4.74 Å². The molecule has 1 amide bonds. The van der Waals surface area contributed by atoms with Crippen LogP contribution in [0.2, 0.25) is 0 Å². The summed E-state index contributed by atoms with van der Waals surface area (Å²) < 4.78 is 10.2. The number of ether oxygens (including phenoxy) is 2. The lowest BCUT2D eigenvalue weighted by atomic mass is 10.2. The molecule has 28 heavy (non-hydrogen) atoms. The van der Waals surface area contributed by atoms with Crippen molar-refractivity contribution < 1.29 is 14.3 Å². The number of rotatable bonds is 8. The van der Waals surface area contributed by atoms with Crippen LogP contribution in [0.15, 0.2) is 60.8 Å². The molecule has 0 fully saturated rings. The van der Waals surface area contributed by atoms with E-state index in [1.807, 2.05) is 54.6 Å². The minimum Gasteiger partial charge on any atom is -0.497 e. The molecule has 0 aliphatic carbocycles. The van der Waals surface area contributed by atoms with Crippen LogP contribution in [0.25, 0.3) is 11.4 Å². The Morgan fingerprint density at radius 3 is 2.46 bits per heavy atom. The molecule has 0 bridgehead atoms. The van der Waals surface area contributed by atoms with Crippen LogP contribution < -0.4 is 15.4 Å². The summed E-state index contributed by atoms with van der Waals surface area (Å²) in [5, 5.41) is 6.01. The van der Waals surface area contributed by atoms with Gasteiger partial charge in [-0.25, -0.2) is 9.97 Å². The minimum atomic E-state index is -0.271. The molecule has 0 aliphatic heterocycles. The fourth-order valence-electron chi connectivity index (χ4n) is 2.54. The quantitative estimate of drug-likeness (QED) is 0.585. The molecule has 0 saturated heterocycles. The SMILES string of the molecule is COCCNC(=O)c1cnc(-c2ccccc2)nc1Nc1ccc(OC)cc1. The first-order valence-corrected chi connectivity index (χ1v) is 8.82. The second-order valence-corrected chi connectivity index (χ2v) is 5.92. The predicted octanol–water partition coefficient (Wildman–Crippen LogP) is 3.27. The van der Waals surface area contributed by atoms with Gasteiger partial charge in [-0.3, -0.25) is 4.79 Å². The monoisotopic (exact) mass is 378 g/mol. The lowest BCUT2D eigenvalue weighted by Gasteiger charge is -2.13. The number of hydrogen-bond donors (Lipinski definition) is 2. The van der Waals surface area contributed by atoms with Crippen LogP contribution in [-0.4, -0.2) is 43.2 Å². The molecule has 0 spiro atoms. The first-order chi connectivity index (χ1) is 13.7. The summed E-state index contributed by atoms with van der Waals surface area (Å²) in [5.74, 6) is 1.43. The topological polar surface area (TPSA) is 85.4 Å². The Morgan fingerprint density at radius 2 is 1.79 bits per heavy atom. The number of methoxy groups -OCH3 is 2. The van der Waals surface area contributed by atoms with Gasteiger partial charge in [-0.2, -0.15) is 0 Å². The van der Waals surface area contributed by atoms with Crippen molar-refractivity contribution in [3.8, 4) is 17.1 Å². The highest BCUT2D eigenvalue weighted by atomic mass is 16.5. The summed E-state index contributed by atoms with van der Waals surface area (Å²) >= 11 is 0. The highest BCUT2D eigenvalue weighted by Crippen LogP contribution is 2.24. The average molecular weight is 378 g/mol. The van der Waals surface area contributed by atoms with Gasteiger partial charge in [0.25, 0.3) is 5.91 Å². The van der Waals surface area contributed by atoms with Crippen molar-refractivity contribution in [1.29, 1.82) is 0 Å². The van der Waals surface area contributed by atoms with Crippen LogP contribution >= 0.6 is 0 Å². The number of nitrogens with zero attached hydrogens (tertiary/aromatic N) is 2. The zero-order valence-electron chi connectivity index (χ0n) is 15.8. The van der Waals surface area contributed by atoms with E-state index in [-0.39, 0.29) is 5.91 Å². The number of nitrogens with one attached hydrogen (secondary N) is 2. The van der Waals surface area contributed by atoms with Gasteiger partial charge >= 0.3 is 0 Å². The van der Waals surface area contributed by atoms with Gasteiger partial charge in [0.2, 0.25) is 0 Å². The predicted molar refractivity (Wildman–Crippen MR) is 108 cm³/mol. The van der Waals surface area contributed by atoms with Gasteiger partial charge in [0.1, 0.15) is 17.1 Å². The van der Waals surface area contributed by atoms with Gasteiger partial charge in [0.15, 0.2) is 5.82 Å². The van der Waals surface area contributed by atoms with E-state index in [1.54, 1.807) is 14.2 Å². The maximum absolute atomic E-state index is 12.6. The zero-order valence-corrected chi connectivity index (χ0v) is 15.8. The molecular formula is C21H22N4O3.